The summed E-state index contributed by atoms with van der Waals surface area (Å²) in [5.41, 5.74) is 0.965. The van der Waals surface area contributed by atoms with Crippen LogP contribution in [-0.4, -0.2) is 31.6 Å². The molecule has 0 radical (unpaired) electrons. The third-order valence-corrected chi connectivity index (χ3v) is 3.18. The highest BCUT2D eigenvalue weighted by Gasteiger charge is 2.38. The van der Waals surface area contributed by atoms with E-state index in [-0.39, 0.29) is 18.8 Å². The third kappa shape index (κ3) is 2.34. The summed E-state index contributed by atoms with van der Waals surface area (Å²) >= 11 is 0. The first-order valence-electron chi connectivity index (χ1n) is 5.90. The molecular formula is C13H15FO3. The van der Waals surface area contributed by atoms with Crippen LogP contribution in [0.1, 0.15) is 18.3 Å². The van der Waals surface area contributed by atoms with Gasteiger partial charge in [-0.3, -0.25) is 0 Å². The van der Waals surface area contributed by atoms with Crippen molar-refractivity contribution in [2.45, 2.75) is 31.1 Å². The van der Waals surface area contributed by atoms with Gasteiger partial charge in [0.1, 0.15) is 12.3 Å². The molecule has 2 aliphatic heterocycles. The van der Waals surface area contributed by atoms with E-state index in [4.69, 9.17) is 14.2 Å². The van der Waals surface area contributed by atoms with Gasteiger partial charge >= 0.3 is 0 Å². The van der Waals surface area contributed by atoms with E-state index in [0.29, 0.717) is 13.0 Å². The smallest absolute Gasteiger partial charge is 0.184 e. The summed E-state index contributed by atoms with van der Waals surface area (Å²) < 4.78 is 30.0. The van der Waals surface area contributed by atoms with Gasteiger partial charge in [-0.05, 0) is 0 Å². The molecule has 0 bridgehead atoms. The SMILES string of the molecule is FC1COC2COC(c3ccccc3)OC2C1. The first-order chi connectivity index (χ1) is 8.33. The molecule has 3 nitrogen and oxygen atoms in total. The van der Waals surface area contributed by atoms with Crippen LogP contribution >= 0.6 is 0 Å². The number of ether oxygens (including phenoxy) is 3. The van der Waals surface area contributed by atoms with Gasteiger partial charge in [0.2, 0.25) is 0 Å². The second-order valence-corrected chi connectivity index (χ2v) is 4.46. The van der Waals surface area contributed by atoms with E-state index in [1.54, 1.807) is 0 Å². The van der Waals surface area contributed by atoms with Gasteiger partial charge in [0, 0.05) is 12.0 Å². The monoisotopic (exact) mass is 238 g/mol. The zero-order valence-electron chi connectivity index (χ0n) is 9.42. The maximum Gasteiger partial charge on any atom is 0.184 e. The average molecular weight is 238 g/mol. The fourth-order valence-electron chi connectivity index (χ4n) is 2.27. The van der Waals surface area contributed by atoms with Gasteiger partial charge < -0.3 is 14.2 Å². The fourth-order valence-corrected chi connectivity index (χ4v) is 2.27. The van der Waals surface area contributed by atoms with Gasteiger partial charge in [0.15, 0.2) is 6.29 Å². The Morgan fingerprint density at radius 2 is 1.82 bits per heavy atom. The Balaban J connectivity index is 1.70. The molecule has 1 aromatic carbocycles. The van der Waals surface area contributed by atoms with Crippen molar-refractivity contribution >= 4 is 0 Å². The molecule has 0 saturated carbocycles. The fraction of sp³-hybridized carbons (Fsp3) is 0.538. The Morgan fingerprint density at radius 1 is 1.00 bits per heavy atom. The van der Waals surface area contributed by atoms with Crippen molar-refractivity contribution in [3.63, 3.8) is 0 Å². The minimum absolute atomic E-state index is 0.123. The Bertz CT molecular complexity index is 370. The van der Waals surface area contributed by atoms with Crippen LogP contribution in [-0.2, 0) is 14.2 Å². The van der Waals surface area contributed by atoms with Crippen molar-refractivity contribution in [2.24, 2.45) is 0 Å². The Kier molecular flexibility index (Phi) is 3.09. The number of hydrogen-bond donors (Lipinski definition) is 0. The normalized spacial score (nSPS) is 37.5. The number of benzene rings is 1. The van der Waals surface area contributed by atoms with Gasteiger partial charge in [-0.2, -0.15) is 0 Å². The summed E-state index contributed by atoms with van der Waals surface area (Å²) in [5.74, 6) is 0. The lowest BCUT2D eigenvalue weighted by molar-refractivity contribution is -0.284. The summed E-state index contributed by atoms with van der Waals surface area (Å²) in [7, 11) is 0. The van der Waals surface area contributed by atoms with E-state index in [2.05, 4.69) is 0 Å². The maximum absolute atomic E-state index is 13.2. The van der Waals surface area contributed by atoms with Gasteiger partial charge in [0.25, 0.3) is 0 Å². The number of alkyl halides is 1. The summed E-state index contributed by atoms with van der Waals surface area (Å²) in [4.78, 5) is 0. The molecule has 0 aromatic heterocycles. The average Bonchev–Trinajstić information content (AvgIpc) is 2.39. The van der Waals surface area contributed by atoms with Crippen molar-refractivity contribution in [3.8, 4) is 0 Å². The topological polar surface area (TPSA) is 27.7 Å². The molecule has 4 atom stereocenters. The highest BCUT2D eigenvalue weighted by atomic mass is 19.1. The van der Waals surface area contributed by atoms with Crippen LogP contribution < -0.4 is 0 Å². The lowest BCUT2D eigenvalue weighted by atomic mass is 10.0. The molecule has 2 heterocycles. The van der Waals surface area contributed by atoms with Crippen LogP contribution in [0.5, 0.6) is 0 Å². The van der Waals surface area contributed by atoms with Crippen molar-refractivity contribution in [1.82, 2.24) is 0 Å². The number of fused-ring (bicyclic) bond motifs is 1. The minimum Gasteiger partial charge on any atom is -0.370 e. The first-order valence-corrected chi connectivity index (χ1v) is 5.90. The number of rotatable bonds is 1. The van der Waals surface area contributed by atoms with Gasteiger partial charge in [-0.15, -0.1) is 0 Å². The Hall–Kier alpha value is -0.970. The van der Waals surface area contributed by atoms with Crippen LogP contribution in [0, 0.1) is 0 Å². The molecular weight excluding hydrogens is 223 g/mol. The standard InChI is InChI=1S/C13H15FO3/c14-10-6-11-12(15-7-10)8-16-13(17-11)9-4-2-1-3-5-9/h1-5,10-13H,6-8H2. The van der Waals surface area contributed by atoms with Crippen LogP contribution in [0.25, 0.3) is 0 Å². The highest BCUT2D eigenvalue weighted by molar-refractivity contribution is 5.16. The zero-order chi connectivity index (χ0) is 11.7. The summed E-state index contributed by atoms with van der Waals surface area (Å²) in [6, 6.07) is 9.70. The van der Waals surface area contributed by atoms with Crippen molar-refractivity contribution in [3.05, 3.63) is 35.9 Å². The molecule has 3 rings (SSSR count). The molecule has 2 saturated heterocycles. The second kappa shape index (κ2) is 4.72. The highest BCUT2D eigenvalue weighted by Crippen LogP contribution is 2.32. The maximum atomic E-state index is 13.2. The summed E-state index contributed by atoms with van der Waals surface area (Å²) in [5, 5.41) is 0. The van der Waals surface area contributed by atoms with Crippen LogP contribution in [0.3, 0.4) is 0 Å². The Labute approximate surface area is 99.5 Å². The van der Waals surface area contributed by atoms with E-state index in [0.717, 1.165) is 5.56 Å². The van der Waals surface area contributed by atoms with Gasteiger partial charge in [0.05, 0.1) is 19.3 Å². The first kappa shape index (κ1) is 11.1. The zero-order valence-corrected chi connectivity index (χ0v) is 9.42. The van der Waals surface area contributed by atoms with E-state index in [1.165, 1.54) is 0 Å². The second-order valence-electron chi connectivity index (χ2n) is 4.46. The van der Waals surface area contributed by atoms with E-state index >= 15 is 0 Å². The van der Waals surface area contributed by atoms with Crippen molar-refractivity contribution < 1.29 is 18.6 Å². The molecule has 92 valence electrons. The minimum atomic E-state index is -0.925. The van der Waals surface area contributed by atoms with E-state index < -0.39 is 12.5 Å². The lowest BCUT2D eigenvalue weighted by Gasteiger charge is -2.40. The summed E-state index contributed by atoms with van der Waals surface area (Å²) in [6.45, 7) is 0.626. The molecule has 4 unspecified atom stereocenters. The van der Waals surface area contributed by atoms with Gasteiger partial charge in [-0.1, -0.05) is 30.3 Å². The lowest BCUT2D eigenvalue weighted by Crippen LogP contribution is -2.48. The van der Waals surface area contributed by atoms with Gasteiger partial charge in [-0.25, -0.2) is 4.39 Å². The molecule has 0 amide bonds. The molecule has 0 spiro atoms. The van der Waals surface area contributed by atoms with Crippen LogP contribution in [0.15, 0.2) is 30.3 Å². The molecule has 4 heteroatoms. The Morgan fingerprint density at radius 3 is 2.65 bits per heavy atom. The van der Waals surface area contributed by atoms with Crippen LogP contribution in [0.4, 0.5) is 4.39 Å². The molecule has 17 heavy (non-hydrogen) atoms. The van der Waals surface area contributed by atoms with Crippen LogP contribution in [0.2, 0.25) is 0 Å². The molecule has 2 aliphatic rings. The van der Waals surface area contributed by atoms with Crippen molar-refractivity contribution in [2.75, 3.05) is 13.2 Å². The van der Waals surface area contributed by atoms with E-state index in [1.807, 2.05) is 30.3 Å². The summed E-state index contributed by atoms with van der Waals surface area (Å²) in [6.07, 6.45) is -1.24. The molecule has 1 aromatic rings. The quantitative estimate of drug-likeness (QED) is 0.751. The van der Waals surface area contributed by atoms with Crippen molar-refractivity contribution in [1.29, 1.82) is 0 Å². The number of hydrogen-bond acceptors (Lipinski definition) is 3. The molecule has 2 fully saturated rings. The predicted octanol–water partition coefficient (Wildman–Crippen LogP) is 2.23. The third-order valence-electron chi connectivity index (χ3n) is 3.18. The molecule has 0 N–H and O–H groups in total. The number of halogens is 1. The van der Waals surface area contributed by atoms with E-state index in [9.17, 15) is 4.39 Å². The predicted molar refractivity (Wildman–Crippen MR) is 59.3 cm³/mol. The molecule has 0 aliphatic carbocycles. The largest absolute Gasteiger partial charge is 0.370 e.